The van der Waals surface area contributed by atoms with Crippen LogP contribution < -0.4 is 4.57 Å². The van der Waals surface area contributed by atoms with Crippen molar-refractivity contribution >= 4 is 5.69 Å². The summed E-state index contributed by atoms with van der Waals surface area (Å²) in [5.74, 6) is 0. The number of nitrogens with zero attached hydrogens (tertiary/aromatic N) is 2. The third-order valence-corrected chi connectivity index (χ3v) is 3.83. The van der Waals surface area contributed by atoms with Gasteiger partial charge in [-0.05, 0) is 30.2 Å². The van der Waals surface area contributed by atoms with Crippen LogP contribution >= 0.6 is 0 Å². The maximum atomic E-state index is 10.8. The fraction of sp³-hybridized carbons (Fsp3) is 0.105. The first-order valence-electron chi connectivity index (χ1n) is 7.42. The fourth-order valence-electron chi connectivity index (χ4n) is 2.57. The van der Waals surface area contributed by atoms with Gasteiger partial charge in [0.2, 0.25) is 0 Å². The molecule has 0 atom stereocenters. The third-order valence-electron chi connectivity index (χ3n) is 3.83. The highest BCUT2D eigenvalue weighted by atomic mass is 16.6. The van der Waals surface area contributed by atoms with Gasteiger partial charge >= 0.3 is 0 Å². The zero-order valence-corrected chi connectivity index (χ0v) is 12.8. The molecule has 2 aromatic carbocycles. The normalized spacial score (nSPS) is 10.5. The Morgan fingerprint density at radius 3 is 2.35 bits per heavy atom. The molecule has 0 bridgehead atoms. The molecular weight excluding hydrogens is 288 g/mol. The average Bonchev–Trinajstić information content (AvgIpc) is 2.58. The number of hydrogen-bond acceptors (Lipinski definition) is 2. The minimum absolute atomic E-state index is 0.111. The van der Waals surface area contributed by atoms with E-state index >= 15 is 0 Å². The molecule has 0 N–H and O–H groups in total. The van der Waals surface area contributed by atoms with Crippen LogP contribution in [0.25, 0.3) is 11.1 Å². The molecule has 23 heavy (non-hydrogen) atoms. The summed E-state index contributed by atoms with van der Waals surface area (Å²) in [6.07, 6.45) is 4.14. The second-order valence-corrected chi connectivity index (χ2v) is 5.50. The van der Waals surface area contributed by atoms with E-state index in [2.05, 4.69) is 35.2 Å². The number of aromatic nitrogens is 1. The van der Waals surface area contributed by atoms with Crippen LogP contribution in [0.5, 0.6) is 0 Å². The van der Waals surface area contributed by atoms with E-state index in [1.807, 2.05) is 25.1 Å². The van der Waals surface area contributed by atoms with Crippen molar-refractivity contribution in [2.24, 2.45) is 0 Å². The Labute approximate surface area is 134 Å². The van der Waals surface area contributed by atoms with Crippen LogP contribution in [0.2, 0.25) is 0 Å². The van der Waals surface area contributed by atoms with Gasteiger partial charge in [0, 0.05) is 29.3 Å². The Balaban J connectivity index is 1.92. The zero-order valence-electron chi connectivity index (χ0n) is 12.8. The highest BCUT2D eigenvalue weighted by molar-refractivity contribution is 5.66. The molecule has 4 heteroatoms. The van der Waals surface area contributed by atoms with Crippen molar-refractivity contribution in [3.8, 4) is 11.1 Å². The lowest BCUT2D eigenvalue weighted by Crippen LogP contribution is -2.33. The van der Waals surface area contributed by atoms with Gasteiger partial charge in [-0.3, -0.25) is 10.1 Å². The van der Waals surface area contributed by atoms with Gasteiger partial charge in [0.1, 0.15) is 0 Å². The molecule has 0 radical (unpaired) electrons. The van der Waals surface area contributed by atoms with Gasteiger partial charge in [-0.1, -0.05) is 30.3 Å². The van der Waals surface area contributed by atoms with E-state index in [9.17, 15) is 10.1 Å². The Hall–Kier alpha value is -3.01. The lowest BCUT2D eigenvalue weighted by atomic mass is 10.0. The first kappa shape index (κ1) is 14.9. The van der Waals surface area contributed by atoms with E-state index in [4.69, 9.17) is 0 Å². The van der Waals surface area contributed by atoms with E-state index in [0.29, 0.717) is 0 Å². The fourth-order valence-corrected chi connectivity index (χ4v) is 2.57. The summed E-state index contributed by atoms with van der Waals surface area (Å²) in [5, 5.41) is 10.8. The maximum Gasteiger partial charge on any atom is 0.269 e. The molecule has 3 aromatic rings. The zero-order chi connectivity index (χ0) is 16.2. The summed E-state index contributed by atoms with van der Waals surface area (Å²) in [5.41, 5.74) is 4.55. The van der Waals surface area contributed by atoms with Crippen molar-refractivity contribution < 1.29 is 9.49 Å². The maximum absolute atomic E-state index is 10.8. The monoisotopic (exact) mass is 305 g/mol. The van der Waals surface area contributed by atoms with Crippen molar-refractivity contribution in [1.29, 1.82) is 0 Å². The van der Waals surface area contributed by atoms with Gasteiger partial charge in [-0.25, -0.2) is 4.57 Å². The first-order valence-corrected chi connectivity index (χ1v) is 7.42. The molecule has 0 saturated heterocycles. The summed E-state index contributed by atoms with van der Waals surface area (Å²) < 4.78 is 2.12. The highest BCUT2D eigenvalue weighted by Gasteiger charge is 2.11. The standard InChI is InChI=1S/C19H17N2O2/c1-15-11-12-20(13-16-5-3-2-4-6-16)14-19(15)17-7-9-18(10-8-17)21(22)23/h2-12,14H,13H2,1H3/q+1. The van der Waals surface area contributed by atoms with Crippen LogP contribution in [-0.2, 0) is 6.54 Å². The highest BCUT2D eigenvalue weighted by Crippen LogP contribution is 2.24. The quantitative estimate of drug-likeness (QED) is 0.417. The largest absolute Gasteiger partial charge is 0.269 e. The molecule has 0 unspecified atom stereocenters. The average molecular weight is 305 g/mol. The van der Waals surface area contributed by atoms with Crippen molar-refractivity contribution in [3.05, 3.63) is 94.3 Å². The molecule has 0 aliphatic carbocycles. The molecule has 0 fully saturated rings. The molecule has 0 spiro atoms. The molecule has 0 aliphatic rings. The summed E-state index contributed by atoms with van der Waals surface area (Å²) >= 11 is 0. The van der Waals surface area contributed by atoms with E-state index in [1.165, 1.54) is 5.56 Å². The minimum atomic E-state index is -0.378. The molecule has 0 amide bonds. The van der Waals surface area contributed by atoms with Gasteiger partial charge in [0.15, 0.2) is 18.9 Å². The number of hydrogen-bond donors (Lipinski definition) is 0. The number of aryl methyl sites for hydroxylation is 1. The van der Waals surface area contributed by atoms with Crippen LogP contribution in [-0.4, -0.2) is 4.92 Å². The van der Waals surface area contributed by atoms with Gasteiger partial charge in [-0.2, -0.15) is 0 Å². The Morgan fingerprint density at radius 2 is 1.70 bits per heavy atom. The molecular formula is C19H17N2O2+. The van der Waals surface area contributed by atoms with Crippen LogP contribution in [0.4, 0.5) is 5.69 Å². The molecule has 0 saturated carbocycles. The molecule has 0 aliphatic heterocycles. The van der Waals surface area contributed by atoms with Crippen LogP contribution in [0.3, 0.4) is 0 Å². The van der Waals surface area contributed by atoms with Gasteiger partial charge in [0.25, 0.3) is 5.69 Å². The van der Waals surface area contributed by atoms with E-state index in [1.54, 1.807) is 24.3 Å². The SMILES string of the molecule is Cc1cc[n+](Cc2ccccc2)cc1-c1ccc([N+](=O)[O-])cc1. The Morgan fingerprint density at radius 1 is 1.00 bits per heavy atom. The second-order valence-electron chi connectivity index (χ2n) is 5.50. The van der Waals surface area contributed by atoms with Crippen LogP contribution in [0.1, 0.15) is 11.1 Å². The topological polar surface area (TPSA) is 47.0 Å². The Kier molecular flexibility index (Phi) is 4.15. The van der Waals surface area contributed by atoms with Crippen molar-refractivity contribution in [3.63, 3.8) is 0 Å². The predicted octanol–water partition coefficient (Wildman–Crippen LogP) is 3.91. The molecule has 1 aromatic heterocycles. The predicted molar refractivity (Wildman–Crippen MR) is 89.0 cm³/mol. The van der Waals surface area contributed by atoms with Crippen molar-refractivity contribution in [2.45, 2.75) is 13.5 Å². The molecule has 4 nitrogen and oxygen atoms in total. The number of rotatable bonds is 4. The number of non-ortho nitro benzene ring substituents is 1. The van der Waals surface area contributed by atoms with Crippen molar-refractivity contribution in [1.82, 2.24) is 0 Å². The first-order chi connectivity index (χ1) is 11.1. The lowest BCUT2D eigenvalue weighted by molar-refractivity contribution is -0.687. The van der Waals surface area contributed by atoms with E-state index in [0.717, 1.165) is 23.2 Å². The molecule has 3 rings (SSSR count). The molecule has 1 heterocycles. The lowest BCUT2D eigenvalue weighted by Gasteiger charge is -2.05. The molecule has 114 valence electrons. The van der Waals surface area contributed by atoms with E-state index in [-0.39, 0.29) is 10.6 Å². The summed E-state index contributed by atoms with van der Waals surface area (Å²) in [7, 11) is 0. The number of nitro benzene ring substituents is 1. The van der Waals surface area contributed by atoms with Gasteiger partial charge in [-0.15, -0.1) is 0 Å². The number of pyridine rings is 1. The van der Waals surface area contributed by atoms with Gasteiger partial charge in [0.05, 0.1) is 4.92 Å². The summed E-state index contributed by atoms with van der Waals surface area (Å²) in [4.78, 5) is 10.4. The van der Waals surface area contributed by atoms with Gasteiger partial charge < -0.3 is 0 Å². The summed E-state index contributed by atoms with van der Waals surface area (Å²) in [6, 6.07) is 19.0. The smallest absolute Gasteiger partial charge is 0.258 e. The van der Waals surface area contributed by atoms with Crippen LogP contribution in [0, 0.1) is 17.0 Å². The number of benzene rings is 2. The third kappa shape index (κ3) is 3.43. The minimum Gasteiger partial charge on any atom is -0.258 e. The number of nitro groups is 1. The van der Waals surface area contributed by atoms with E-state index < -0.39 is 0 Å². The van der Waals surface area contributed by atoms with Crippen molar-refractivity contribution in [2.75, 3.05) is 0 Å². The Bertz CT molecular complexity index is 828. The summed E-state index contributed by atoms with van der Waals surface area (Å²) in [6.45, 7) is 2.84. The van der Waals surface area contributed by atoms with Crippen LogP contribution in [0.15, 0.2) is 73.1 Å². The second kappa shape index (κ2) is 6.40.